The van der Waals surface area contributed by atoms with Crippen LogP contribution >= 0.6 is 0 Å². The van der Waals surface area contributed by atoms with Gasteiger partial charge in [-0.05, 0) is 18.8 Å². The van der Waals surface area contributed by atoms with Crippen LogP contribution in [0, 0.1) is 5.92 Å². The smallest absolute Gasteiger partial charge is 0.326 e. The highest BCUT2D eigenvalue weighted by molar-refractivity contribution is 5.95. The minimum atomic E-state index is -0.956. The third kappa shape index (κ3) is 3.13. The second-order valence-electron chi connectivity index (χ2n) is 5.08. The SMILES string of the molecule is Cn1cncc1C(=O)NC(C(=O)O)C1CCCCC1. The Kier molecular flexibility index (Phi) is 4.19. The Labute approximate surface area is 111 Å². The highest BCUT2D eigenvalue weighted by Gasteiger charge is 2.31. The van der Waals surface area contributed by atoms with Crippen molar-refractivity contribution in [1.29, 1.82) is 0 Å². The van der Waals surface area contributed by atoms with Crippen molar-refractivity contribution < 1.29 is 14.7 Å². The second kappa shape index (κ2) is 5.86. The van der Waals surface area contributed by atoms with E-state index < -0.39 is 12.0 Å². The number of carbonyl (C=O) groups is 2. The van der Waals surface area contributed by atoms with Crippen molar-refractivity contribution in [3.05, 3.63) is 18.2 Å². The zero-order chi connectivity index (χ0) is 13.8. The van der Waals surface area contributed by atoms with Gasteiger partial charge in [0.1, 0.15) is 11.7 Å². The lowest BCUT2D eigenvalue weighted by atomic mass is 9.84. The Morgan fingerprint density at radius 2 is 2.11 bits per heavy atom. The maximum Gasteiger partial charge on any atom is 0.326 e. The maximum atomic E-state index is 12.0. The average Bonchev–Trinajstić information content (AvgIpc) is 2.82. The number of hydrogen-bond acceptors (Lipinski definition) is 3. The molecule has 1 heterocycles. The zero-order valence-electron chi connectivity index (χ0n) is 11.0. The molecule has 1 fully saturated rings. The van der Waals surface area contributed by atoms with Crippen LogP contribution in [0.5, 0.6) is 0 Å². The molecule has 0 radical (unpaired) electrons. The lowest BCUT2D eigenvalue weighted by Crippen LogP contribution is -2.46. The third-order valence-corrected chi connectivity index (χ3v) is 3.72. The first-order valence-corrected chi connectivity index (χ1v) is 6.59. The normalized spacial score (nSPS) is 17.9. The predicted molar refractivity (Wildman–Crippen MR) is 68.7 cm³/mol. The number of carboxylic acid groups (broad SMARTS) is 1. The van der Waals surface area contributed by atoms with E-state index >= 15 is 0 Å². The molecule has 6 heteroatoms. The van der Waals surface area contributed by atoms with Crippen molar-refractivity contribution in [3.63, 3.8) is 0 Å². The van der Waals surface area contributed by atoms with Crippen molar-refractivity contribution in [1.82, 2.24) is 14.9 Å². The molecule has 0 aromatic carbocycles. The molecule has 6 nitrogen and oxygen atoms in total. The molecule has 1 aliphatic carbocycles. The van der Waals surface area contributed by atoms with Crippen LogP contribution in [-0.2, 0) is 11.8 Å². The van der Waals surface area contributed by atoms with Gasteiger partial charge in [0, 0.05) is 7.05 Å². The molecular formula is C13H19N3O3. The van der Waals surface area contributed by atoms with Crippen molar-refractivity contribution in [3.8, 4) is 0 Å². The van der Waals surface area contributed by atoms with E-state index in [0.717, 1.165) is 32.1 Å². The van der Waals surface area contributed by atoms with Crippen LogP contribution in [0.1, 0.15) is 42.6 Å². The van der Waals surface area contributed by atoms with Crippen LogP contribution in [0.4, 0.5) is 0 Å². The average molecular weight is 265 g/mol. The maximum absolute atomic E-state index is 12.0. The Bertz CT molecular complexity index is 463. The van der Waals surface area contributed by atoms with Gasteiger partial charge in [-0.1, -0.05) is 19.3 Å². The van der Waals surface area contributed by atoms with Crippen LogP contribution in [0.2, 0.25) is 0 Å². The molecule has 1 atom stereocenters. The van der Waals surface area contributed by atoms with Gasteiger partial charge >= 0.3 is 5.97 Å². The minimum Gasteiger partial charge on any atom is -0.480 e. The zero-order valence-corrected chi connectivity index (χ0v) is 11.0. The summed E-state index contributed by atoms with van der Waals surface area (Å²) in [5, 5.41) is 11.9. The fraction of sp³-hybridized carbons (Fsp3) is 0.615. The summed E-state index contributed by atoms with van der Waals surface area (Å²) in [7, 11) is 1.71. The quantitative estimate of drug-likeness (QED) is 0.856. The third-order valence-electron chi connectivity index (χ3n) is 3.72. The number of rotatable bonds is 4. The minimum absolute atomic E-state index is 0.0310. The molecule has 2 N–H and O–H groups in total. The Morgan fingerprint density at radius 3 is 2.63 bits per heavy atom. The van der Waals surface area contributed by atoms with Gasteiger partial charge in [-0.3, -0.25) is 4.79 Å². The molecule has 2 rings (SSSR count). The first-order valence-electron chi connectivity index (χ1n) is 6.59. The van der Waals surface area contributed by atoms with Crippen LogP contribution in [-0.4, -0.2) is 32.6 Å². The van der Waals surface area contributed by atoms with Gasteiger partial charge in [0.05, 0.1) is 12.5 Å². The summed E-state index contributed by atoms with van der Waals surface area (Å²) in [6, 6.07) is -0.803. The molecular weight excluding hydrogens is 246 g/mol. The molecule has 0 saturated heterocycles. The van der Waals surface area contributed by atoms with E-state index in [4.69, 9.17) is 0 Å². The monoisotopic (exact) mass is 265 g/mol. The van der Waals surface area contributed by atoms with Crippen LogP contribution in [0.3, 0.4) is 0 Å². The molecule has 1 aromatic heterocycles. The summed E-state index contributed by atoms with van der Waals surface area (Å²) in [5.41, 5.74) is 0.377. The van der Waals surface area contributed by atoms with E-state index in [-0.39, 0.29) is 11.8 Å². The number of aromatic nitrogens is 2. The number of nitrogens with one attached hydrogen (secondary N) is 1. The summed E-state index contributed by atoms with van der Waals surface area (Å²) in [6.07, 6.45) is 7.91. The fourth-order valence-corrected chi connectivity index (χ4v) is 2.64. The molecule has 1 saturated carbocycles. The van der Waals surface area contributed by atoms with Gasteiger partial charge < -0.3 is 15.0 Å². The summed E-state index contributed by atoms with van der Waals surface area (Å²) in [5.74, 6) is -1.30. The van der Waals surface area contributed by atoms with Crippen molar-refractivity contribution in [2.24, 2.45) is 13.0 Å². The van der Waals surface area contributed by atoms with Gasteiger partial charge in [0.25, 0.3) is 5.91 Å². The van der Waals surface area contributed by atoms with Gasteiger partial charge in [-0.15, -0.1) is 0 Å². The Balaban J connectivity index is 2.06. The lowest BCUT2D eigenvalue weighted by molar-refractivity contribution is -0.141. The first-order chi connectivity index (χ1) is 9.09. The number of aliphatic carboxylic acids is 1. The van der Waals surface area contributed by atoms with E-state index in [1.54, 1.807) is 11.6 Å². The van der Waals surface area contributed by atoms with E-state index in [1.807, 2.05) is 0 Å². The summed E-state index contributed by atoms with van der Waals surface area (Å²) < 4.78 is 1.58. The number of hydrogen-bond donors (Lipinski definition) is 2. The van der Waals surface area contributed by atoms with Crippen LogP contribution < -0.4 is 5.32 Å². The molecule has 1 aliphatic rings. The van der Waals surface area contributed by atoms with Crippen LogP contribution in [0.15, 0.2) is 12.5 Å². The largest absolute Gasteiger partial charge is 0.480 e. The highest BCUT2D eigenvalue weighted by Crippen LogP contribution is 2.26. The van der Waals surface area contributed by atoms with Gasteiger partial charge in [0.15, 0.2) is 0 Å². The lowest BCUT2D eigenvalue weighted by Gasteiger charge is -2.27. The standard InChI is InChI=1S/C13H19N3O3/c1-16-8-14-7-10(16)12(17)15-11(13(18)19)9-5-3-2-4-6-9/h7-9,11H,2-6H2,1H3,(H,15,17)(H,18,19). The number of amides is 1. The number of imidazole rings is 1. The Morgan fingerprint density at radius 1 is 1.42 bits per heavy atom. The molecule has 0 spiro atoms. The number of carboxylic acids is 1. The van der Waals surface area contributed by atoms with E-state index in [1.165, 1.54) is 12.5 Å². The molecule has 1 aromatic rings. The van der Waals surface area contributed by atoms with Crippen molar-refractivity contribution in [2.45, 2.75) is 38.1 Å². The van der Waals surface area contributed by atoms with E-state index in [0.29, 0.717) is 5.69 Å². The fourth-order valence-electron chi connectivity index (χ4n) is 2.64. The van der Waals surface area contributed by atoms with E-state index in [2.05, 4.69) is 10.3 Å². The van der Waals surface area contributed by atoms with Crippen molar-refractivity contribution in [2.75, 3.05) is 0 Å². The number of nitrogens with zero attached hydrogens (tertiary/aromatic N) is 2. The van der Waals surface area contributed by atoms with Crippen LogP contribution in [0.25, 0.3) is 0 Å². The topological polar surface area (TPSA) is 84.2 Å². The summed E-state index contributed by atoms with van der Waals surface area (Å²) in [4.78, 5) is 27.3. The molecule has 0 bridgehead atoms. The molecule has 1 unspecified atom stereocenters. The van der Waals surface area contributed by atoms with E-state index in [9.17, 15) is 14.7 Å². The van der Waals surface area contributed by atoms with Gasteiger partial charge in [0.2, 0.25) is 0 Å². The molecule has 19 heavy (non-hydrogen) atoms. The predicted octanol–water partition coefficient (Wildman–Crippen LogP) is 1.18. The number of carbonyl (C=O) groups excluding carboxylic acids is 1. The van der Waals surface area contributed by atoms with Crippen molar-refractivity contribution >= 4 is 11.9 Å². The second-order valence-corrected chi connectivity index (χ2v) is 5.08. The summed E-state index contributed by atoms with van der Waals surface area (Å²) >= 11 is 0. The highest BCUT2D eigenvalue weighted by atomic mass is 16.4. The first kappa shape index (κ1) is 13.6. The molecule has 0 aliphatic heterocycles. The summed E-state index contributed by atoms with van der Waals surface area (Å²) in [6.45, 7) is 0. The van der Waals surface area contributed by atoms with Gasteiger partial charge in [-0.25, -0.2) is 9.78 Å². The Hall–Kier alpha value is -1.85. The molecule has 104 valence electrons. The molecule has 1 amide bonds. The van der Waals surface area contributed by atoms with Gasteiger partial charge in [-0.2, -0.15) is 0 Å². The number of aryl methyl sites for hydroxylation is 1.